The Balaban J connectivity index is 0.000000489. The average molecular weight is 876 g/mol. The number of phenols is 1. The normalized spacial score (nSPS) is 16.2. The molecule has 1 heterocycles. The number of phosphoric acid groups is 2. The molecule has 332 valence electrons. The van der Waals surface area contributed by atoms with Gasteiger partial charge in [-0.1, -0.05) is 30.4 Å². The van der Waals surface area contributed by atoms with Crippen LogP contribution in [0.1, 0.15) is 91.8 Å². The number of carbonyl (C=O) groups is 3. The van der Waals surface area contributed by atoms with Crippen molar-refractivity contribution in [3.8, 4) is 11.5 Å². The van der Waals surface area contributed by atoms with Crippen LogP contribution in [0.5, 0.6) is 11.5 Å². The van der Waals surface area contributed by atoms with E-state index in [1.165, 1.54) is 35.0 Å². The highest BCUT2D eigenvalue weighted by Crippen LogP contribution is 2.50. The van der Waals surface area contributed by atoms with Gasteiger partial charge in [0.15, 0.2) is 11.9 Å². The molecule has 0 spiro atoms. The van der Waals surface area contributed by atoms with Crippen molar-refractivity contribution in [2.45, 2.75) is 111 Å². The second kappa shape index (κ2) is 22.5. The zero-order chi connectivity index (χ0) is 45.6. The number of esters is 3. The molecule has 1 unspecified atom stereocenters. The number of aliphatic hydroxyl groups is 3. The van der Waals surface area contributed by atoms with Crippen LogP contribution in [-0.2, 0) is 55.6 Å². The van der Waals surface area contributed by atoms with Crippen LogP contribution in [0.2, 0.25) is 0 Å². The summed E-state index contributed by atoms with van der Waals surface area (Å²) in [7, 11) is -5.40. The van der Waals surface area contributed by atoms with Crippen LogP contribution < -0.4 is 9.63 Å². The van der Waals surface area contributed by atoms with Gasteiger partial charge in [-0.2, -0.15) is 0 Å². The number of cyclic esters (lactones) is 1. The topological polar surface area (TPSA) is 263 Å². The van der Waals surface area contributed by atoms with Crippen LogP contribution in [0.15, 0.2) is 54.0 Å². The molecule has 2 aromatic carbocycles. The highest BCUT2D eigenvalue weighted by Gasteiger charge is 2.40. The minimum atomic E-state index is -4.67. The van der Waals surface area contributed by atoms with Gasteiger partial charge in [0, 0.05) is 14.2 Å². The molecule has 3 rings (SSSR count). The Morgan fingerprint density at radius 3 is 1.78 bits per heavy atom. The summed E-state index contributed by atoms with van der Waals surface area (Å²) in [5.41, 5.74) is 0.698. The third-order valence-electron chi connectivity index (χ3n) is 6.53. The summed E-state index contributed by atoms with van der Waals surface area (Å²) in [6.45, 7) is 16.2. The molecule has 1 aliphatic heterocycles. The number of hydrogen-bond donors (Lipinski definition) is 4. The van der Waals surface area contributed by atoms with Gasteiger partial charge in [0.2, 0.25) is 5.76 Å². The van der Waals surface area contributed by atoms with E-state index in [4.69, 9.17) is 19.1 Å². The summed E-state index contributed by atoms with van der Waals surface area (Å²) in [5.74, 6) is -3.40. The molecule has 0 aromatic heterocycles. The van der Waals surface area contributed by atoms with Gasteiger partial charge >= 0.3 is 25.7 Å². The first kappa shape index (κ1) is 52.9. The number of carbonyl (C=O) groups excluding carboxylic acids is 3. The quantitative estimate of drug-likeness (QED) is 0.0644. The smallest absolute Gasteiger partial charge is 0.474 e. The number of benzene rings is 2. The number of rotatable bonds is 14. The molecule has 3 atom stereocenters. The van der Waals surface area contributed by atoms with E-state index in [1.807, 2.05) is 37.3 Å². The first-order valence-corrected chi connectivity index (χ1v) is 20.9. The van der Waals surface area contributed by atoms with E-state index in [0.29, 0.717) is 5.75 Å². The Morgan fingerprint density at radius 2 is 1.34 bits per heavy atom. The lowest BCUT2D eigenvalue weighted by Gasteiger charge is -2.31. The number of phosphoric ester groups is 2. The number of ether oxygens (including phenoxy) is 3. The number of phenolic OH excluding ortho intramolecular Hbond substituents is 1. The van der Waals surface area contributed by atoms with E-state index >= 15 is 0 Å². The lowest BCUT2D eigenvalue weighted by atomic mass is 10.1. The van der Waals surface area contributed by atoms with Crippen molar-refractivity contribution in [2.75, 3.05) is 20.8 Å². The molecular formula is C39H57O18P2-. The van der Waals surface area contributed by atoms with E-state index in [2.05, 4.69) is 22.8 Å². The van der Waals surface area contributed by atoms with Crippen LogP contribution in [0.25, 0.3) is 12.2 Å². The van der Waals surface area contributed by atoms with E-state index in [1.54, 1.807) is 65.8 Å². The van der Waals surface area contributed by atoms with E-state index in [9.17, 15) is 43.7 Å². The molecule has 59 heavy (non-hydrogen) atoms. The molecular weight excluding hydrogens is 818 g/mol. The Bertz CT molecular complexity index is 1840. The Labute approximate surface area is 344 Å². The van der Waals surface area contributed by atoms with Crippen molar-refractivity contribution >= 4 is 45.7 Å². The first-order chi connectivity index (χ1) is 26.9. The summed E-state index contributed by atoms with van der Waals surface area (Å²) >= 11 is 0. The number of hydrogen-bond acceptors (Lipinski definition) is 18. The van der Waals surface area contributed by atoms with Crippen molar-refractivity contribution in [1.82, 2.24) is 0 Å². The molecule has 0 amide bonds. The second-order valence-electron chi connectivity index (χ2n) is 15.7. The van der Waals surface area contributed by atoms with Gasteiger partial charge in [-0.3, -0.25) is 27.7 Å². The minimum Gasteiger partial charge on any atom is -0.756 e. The highest BCUT2D eigenvalue weighted by molar-refractivity contribution is 7.48. The summed E-state index contributed by atoms with van der Waals surface area (Å²) in [6.07, 6.45) is 0.483. The van der Waals surface area contributed by atoms with Gasteiger partial charge in [-0.25, -0.2) is 9.36 Å². The van der Waals surface area contributed by atoms with Crippen molar-refractivity contribution < 1.29 is 85.7 Å². The van der Waals surface area contributed by atoms with Crippen LogP contribution in [0.3, 0.4) is 0 Å². The maximum Gasteiger partial charge on any atom is 0.474 e. The van der Waals surface area contributed by atoms with Crippen molar-refractivity contribution in [3.05, 3.63) is 70.7 Å². The molecule has 0 fully saturated rings. The van der Waals surface area contributed by atoms with E-state index < -0.39 is 80.7 Å². The lowest BCUT2D eigenvalue weighted by Crippen LogP contribution is -2.33. The predicted octanol–water partition coefficient (Wildman–Crippen LogP) is 7.00. The van der Waals surface area contributed by atoms with Gasteiger partial charge in [-0.05, 0) is 110 Å². The second-order valence-corrected chi connectivity index (χ2v) is 18.8. The largest absolute Gasteiger partial charge is 0.756 e. The summed E-state index contributed by atoms with van der Waals surface area (Å²) in [4.78, 5) is 45.8. The molecule has 4 N–H and O–H groups in total. The maximum atomic E-state index is 11.9. The fourth-order valence-corrected chi connectivity index (χ4v) is 6.36. The Hall–Kier alpha value is -4.09. The summed E-state index contributed by atoms with van der Waals surface area (Å²) in [6, 6.07) is 12.4. The van der Waals surface area contributed by atoms with Crippen molar-refractivity contribution in [3.63, 3.8) is 0 Å². The van der Waals surface area contributed by atoms with Crippen LogP contribution in [0.4, 0.5) is 0 Å². The zero-order valence-corrected chi connectivity index (χ0v) is 37.2. The lowest BCUT2D eigenvalue weighted by molar-refractivity contribution is -0.236. The predicted molar refractivity (Wildman–Crippen MR) is 214 cm³/mol. The molecule has 2 aromatic rings. The molecule has 0 bridgehead atoms. The molecule has 0 aliphatic carbocycles. The SMILES string of the molecule is CC(C)(C)OP(=O)([O-])OC[C@H](O)[C@H]1OC(=O)C(O)=C1O.COP(=O)(OC)OC(C)(C)C.Cc1cc(O)cc(/C=C/c2ccc(OC(=O)CCC(=O)OC(C)(C)C)cc2)c1. The Morgan fingerprint density at radius 1 is 0.814 bits per heavy atom. The van der Waals surface area contributed by atoms with Gasteiger partial charge in [0.05, 0.1) is 30.7 Å². The van der Waals surface area contributed by atoms with Gasteiger partial charge < -0.3 is 48.6 Å². The molecule has 0 saturated carbocycles. The Kier molecular flexibility index (Phi) is 20.2. The minimum absolute atomic E-state index is 0.0136. The summed E-state index contributed by atoms with van der Waals surface area (Å²) < 4.78 is 60.8. The van der Waals surface area contributed by atoms with Crippen LogP contribution in [-0.4, -0.2) is 88.2 Å². The van der Waals surface area contributed by atoms with Crippen LogP contribution >= 0.6 is 15.6 Å². The maximum absolute atomic E-state index is 11.9. The van der Waals surface area contributed by atoms with Gasteiger partial charge in [0.25, 0.3) is 7.82 Å². The average Bonchev–Trinajstić information content (AvgIpc) is 3.34. The standard InChI is InChI=1S/C23H26O5.C10H17O9P.C6H15O4P/c1-16-13-18(15-19(24)14-16)6-5-17-7-9-20(10-8-17)27-21(25)11-12-22(26)28-23(2,3)4;1-10(2,3)19-20(15,16)17-4-5(11)8-6(12)7(13)9(14)18-8;1-6(2,3)10-11(7,8-4)9-5/h5-10,13-15,24H,11-12H2,1-4H3;5,8,11-13H,4H2,1-3H3,(H,15,16);1-5H3/p-1/b6-5+;;/t;5-,8+;/m.0./s1. The van der Waals surface area contributed by atoms with E-state index in [-0.39, 0.29) is 18.6 Å². The van der Waals surface area contributed by atoms with Gasteiger partial charge in [0.1, 0.15) is 23.2 Å². The van der Waals surface area contributed by atoms with Gasteiger partial charge in [-0.15, -0.1) is 0 Å². The number of aromatic hydroxyl groups is 1. The fourth-order valence-electron chi connectivity index (χ4n) is 4.34. The van der Waals surface area contributed by atoms with Crippen molar-refractivity contribution in [2.24, 2.45) is 0 Å². The van der Waals surface area contributed by atoms with Crippen molar-refractivity contribution in [1.29, 1.82) is 0 Å². The number of aliphatic hydroxyl groups excluding tert-OH is 3. The molecule has 1 aliphatic rings. The molecule has 18 nitrogen and oxygen atoms in total. The number of aryl methyl sites for hydroxylation is 1. The third kappa shape index (κ3) is 22.2. The highest BCUT2D eigenvalue weighted by atomic mass is 31.2. The zero-order valence-electron chi connectivity index (χ0n) is 35.4. The fraction of sp³-hybridized carbons (Fsp3) is 0.513. The monoisotopic (exact) mass is 875 g/mol. The molecule has 0 radical (unpaired) electrons. The summed E-state index contributed by atoms with van der Waals surface area (Å²) in [5, 5.41) is 37.6. The van der Waals surface area contributed by atoms with Crippen LogP contribution in [0, 0.1) is 6.92 Å². The molecule has 20 heteroatoms. The van der Waals surface area contributed by atoms with E-state index in [0.717, 1.165) is 16.7 Å². The third-order valence-corrected chi connectivity index (χ3v) is 9.43. The first-order valence-electron chi connectivity index (χ1n) is 18.0. The molecule has 0 saturated heterocycles.